The van der Waals surface area contributed by atoms with E-state index in [2.05, 4.69) is 9.97 Å². The van der Waals surface area contributed by atoms with Crippen LogP contribution < -0.4 is 19.8 Å². The Hall–Kier alpha value is -5.12. The predicted octanol–water partition coefficient (Wildman–Crippen LogP) is 4.82. The van der Waals surface area contributed by atoms with Crippen LogP contribution in [-0.4, -0.2) is 43.2 Å². The second kappa shape index (κ2) is 12.0. The number of nitrogens with zero attached hydrogens (tertiary/aromatic N) is 1. The van der Waals surface area contributed by atoms with E-state index in [1.165, 1.54) is 14.2 Å². The Labute approximate surface area is 235 Å². The fourth-order valence-electron chi connectivity index (χ4n) is 4.63. The number of hydrogen-bond acceptors (Lipinski definition) is 9. The molecule has 0 radical (unpaired) electrons. The van der Waals surface area contributed by atoms with Gasteiger partial charge in [0.15, 0.2) is 0 Å². The number of hydrogen-bond donors (Lipinski definition) is 1. The number of aromatic amines is 1. The lowest BCUT2D eigenvalue weighted by atomic mass is 10.0. The highest BCUT2D eigenvalue weighted by Gasteiger charge is 2.19. The third kappa shape index (κ3) is 6.06. The van der Waals surface area contributed by atoms with Crippen molar-refractivity contribution in [1.82, 2.24) is 9.97 Å². The minimum Gasteiger partial charge on any atom is -0.481 e. The molecule has 10 heteroatoms. The van der Waals surface area contributed by atoms with Gasteiger partial charge in [0.25, 0.3) is 0 Å². The van der Waals surface area contributed by atoms with Gasteiger partial charge in [-0.25, -0.2) is 14.6 Å². The van der Waals surface area contributed by atoms with Crippen molar-refractivity contribution in [3.63, 3.8) is 0 Å². The van der Waals surface area contributed by atoms with Crippen LogP contribution in [0.5, 0.6) is 28.9 Å². The Morgan fingerprint density at radius 3 is 1.80 bits per heavy atom. The molecule has 0 amide bonds. The molecule has 2 aromatic carbocycles. The number of H-pyrrole nitrogens is 1. The van der Waals surface area contributed by atoms with Crippen molar-refractivity contribution in [2.75, 3.05) is 21.3 Å². The smallest absolute Gasteiger partial charge is 0.337 e. The van der Waals surface area contributed by atoms with Crippen molar-refractivity contribution < 1.29 is 33.3 Å². The first-order valence-electron chi connectivity index (χ1n) is 12.9. The Bertz CT molecular complexity index is 1680. The highest BCUT2D eigenvalue weighted by Crippen LogP contribution is 2.35. The summed E-state index contributed by atoms with van der Waals surface area (Å²) in [5.41, 5.74) is 4.73. The number of carbonyl (C=O) groups is 2. The van der Waals surface area contributed by atoms with E-state index < -0.39 is 5.97 Å². The number of ether oxygens (including phenoxy) is 5. The van der Waals surface area contributed by atoms with Crippen LogP contribution in [0.3, 0.4) is 0 Å². The van der Waals surface area contributed by atoms with Crippen LogP contribution in [0.25, 0.3) is 0 Å². The molecule has 0 spiro atoms. The first kappa shape index (κ1) is 27.4. The lowest BCUT2D eigenvalue weighted by Crippen LogP contribution is -2.05. The fourth-order valence-corrected chi connectivity index (χ4v) is 4.63. The summed E-state index contributed by atoms with van der Waals surface area (Å²) in [4.78, 5) is 41.2. The SMILES string of the molecule is COC(=O)c1ccc2c(c1)Oc1c[nH]c(=O)cc1CC2.COC(=O)c1ccc2c(c1)Oc1cnc(OC)cc1CC2. The molecule has 4 aromatic rings. The zero-order valence-corrected chi connectivity index (χ0v) is 22.8. The molecule has 0 saturated heterocycles. The van der Waals surface area contributed by atoms with Crippen LogP contribution in [0.1, 0.15) is 43.0 Å². The van der Waals surface area contributed by atoms with Gasteiger partial charge in [0.2, 0.25) is 11.4 Å². The van der Waals surface area contributed by atoms with E-state index in [0.717, 1.165) is 47.9 Å². The van der Waals surface area contributed by atoms with Crippen molar-refractivity contribution in [2.24, 2.45) is 0 Å². The lowest BCUT2D eigenvalue weighted by molar-refractivity contribution is 0.0591. The lowest BCUT2D eigenvalue weighted by Gasteiger charge is -2.10. The van der Waals surface area contributed by atoms with E-state index in [0.29, 0.717) is 40.0 Å². The Morgan fingerprint density at radius 1 is 0.707 bits per heavy atom. The number of rotatable bonds is 3. The fraction of sp³-hybridized carbons (Fsp3) is 0.226. The summed E-state index contributed by atoms with van der Waals surface area (Å²) in [5, 5.41) is 0. The first-order valence-corrected chi connectivity index (χ1v) is 12.9. The van der Waals surface area contributed by atoms with E-state index in [1.54, 1.807) is 49.8 Å². The summed E-state index contributed by atoms with van der Waals surface area (Å²) in [5.74, 6) is 2.39. The molecule has 10 nitrogen and oxygen atoms in total. The second-order valence-electron chi connectivity index (χ2n) is 9.35. The molecule has 0 aliphatic carbocycles. The van der Waals surface area contributed by atoms with Gasteiger partial charge in [0, 0.05) is 29.5 Å². The number of benzene rings is 2. The van der Waals surface area contributed by atoms with Gasteiger partial charge in [0.1, 0.15) is 23.0 Å². The van der Waals surface area contributed by atoms with Gasteiger partial charge in [-0.1, -0.05) is 12.1 Å². The average Bonchev–Trinajstić information content (AvgIpc) is 3.30. The quantitative estimate of drug-likeness (QED) is 0.354. The summed E-state index contributed by atoms with van der Waals surface area (Å²) >= 11 is 0. The van der Waals surface area contributed by atoms with Gasteiger partial charge >= 0.3 is 11.9 Å². The molecule has 6 rings (SSSR count). The highest BCUT2D eigenvalue weighted by molar-refractivity contribution is 5.90. The summed E-state index contributed by atoms with van der Waals surface area (Å²) < 4.78 is 26.3. The molecule has 0 fully saturated rings. The number of fused-ring (bicyclic) bond motifs is 4. The molecular weight excluding hydrogens is 528 g/mol. The van der Waals surface area contributed by atoms with Crippen molar-refractivity contribution in [2.45, 2.75) is 25.7 Å². The van der Waals surface area contributed by atoms with Crippen molar-refractivity contribution >= 4 is 11.9 Å². The minimum atomic E-state index is -0.401. The average molecular weight is 557 g/mol. The molecule has 0 atom stereocenters. The zero-order valence-electron chi connectivity index (χ0n) is 22.8. The maximum atomic E-state index is 11.6. The number of esters is 2. The standard InChI is InChI=1S/C16H15NO4.C15H13NO4/c1-19-15-8-11-5-3-10-4-6-12(16(18)20-2)7-13(10)21-14(11)9-17-15;1-19-15(18)11-5-3-9-2-4-10-7-14(17)16-8-13(10)20-12(9)6-11/h4,6-9H,3,5H2,1-2H3;3,5-8H,2,4H2,1H3,(H,16,17). The molecule has 4 heterocycles. The Kier molecular flexibility index (Phi) is 8.00. The molecule has 0 saturated carbocycles. The summed E-state index contributed by atoms with van der Waals surface area (Å²) in [6.45, 7) is 0. The molecule has 2 aromatic heterocycles. The van der Waals surface area contributed by atoms with Crippen LogP contribution in [0, 0.1) is 0 Å². The van der Waals surface area contributed by atoms with Gasteiger partial charge in [-0.15, -0.1) is 0 Å². The molecule has 2 aliphatic heterocycles. The van der Waals surface area contributed by atoms with Gasteiger partial charge in [-0.05, 0) is 61.1 Å². The Balaban J connectivity index is 0.000000165. The number of aromatic nitrogens is 2. The van der Waals surface area contributed by atoms with E-state index in [9.17, 15) is 14.4 Å². The van der Waals surface area contributed by atoms with E-state index >= 15 is 0 Å². The van der Waals surface area contributed by atoms with Crippen LogP contribution in [0.2, 0.25) is 0 Å². The van der Waals surface area contributed by atoms with Crippen LogP contribution >= 0.6 is 0 Å². The van der Waals surface area contributed by atoms with Gasteiger partial charge in [-0.2, -0.15) is 0 Å². The van der Waals surface area contributed by atoms with Crippen LogP contribution in [0.4, 0.5) is 0 Å². The topological polar surface area (TPSA) is 126 Å². The number of nitrogens with one attached hydrogen (secondary N) is 1. The maximum Gasteiger partial charge on any atom is 0.337 e. The van der Waals surface area contributed by atoms with Gasteiger partial charge < -0.3 is 28.7 Å². The molecule has 2 aliphatic rings. The molecule has 41 heavy (non-hydrogen) atoms. The first-order chi connectivity index (χ1) is 19.9. The minimum absolute atomic E-state index is 0.145. The number of methoxy groups -OCH3 is 3. The number of pyridine rings is 2. The summed E-state index contributed by atoms with van der Waals surface area (Å²) in [6, 6.07) is 14.0. The summed E-state index contributed by atoms with van der Waals surface area (Å²) in [7, 11) is 4.29. The van der Waals surface area contributed by atoms with Crippen molar-refractivity contribution in [3.8, 4) is 28.9 Å². The molecule has 0 bridgehead atoms. The number of aryl methyl sites for hydroxylation is 4. The predicted molar refractivity (Wildman–Crippen MR) is 148 cm³/mol. The van der Waals surface area contributed by atoms with Crippen LogP contribution in [-0.2, 0) is 35.2 Å². The largest absolute Gasteiger partial charge is 0.481 e. The van der Waals surface area contributed by atoms with Gasteiger partial charge in [0.05, 0.1) is 38.7 Å². The van der Waals surface area contributed by atoms with E-state index in [1.807, 2.05) is 18.2 Å². The monoisotopic (exact) mass is 556 g/mol. The second-order valence-corrected chi connectivity index (χ2v) is 9.35. The van der Waals surface area contributed by atoms with Gasteiger partial charge in [-0.3, -0.25) is 4.79 Å². The number of carbonyl (C=O) groups excluding carboxylic acids is 2. The van der Waals surface area contributed by atoms with Crippen molar-refractivity contribution in [1.29, 1.82) is 0 Å². The van der Waals surface area contributed by atoms with Crippen molar-refractivity contribution in [3.05, 3.63) is 105 Å². The molecule has 1 N–H and O–H groups in total. The van der Waals surface area contributed by atoms with Crippen LogP contribution in [0.15, 0.2) is 65.7 Å². The maximum absolute atomic E-state index is 11.6. The van der Waals surface area contributed by atoms with E-state index in [4.69, 9.17) is 23.7 Å². The molecule has 210 valence electrons. The summed E-state index contributed by atoms with van der Waals surface area (Å²) in [6.07, 6.45) is 6.35. The normalized spacial score (nSPS) is 12.6. The Morgan fingerprint density at radius 2 is 1.24 bits per heavy atom. The van der Waals surface area contributed by atoms with E-state index in [-0.39, 0.29) is 11.5 Å². The molecular formula is C31H28N2O8. The zero-order chi connectivity index (χ0) is 28.9. The highest BCUT2D eigenvalue weighted by atomic mass is 16.5. The third-order valence-corrected chi connectivity index (χ3v) is 6.84. The molecule has 0 unspecified atom stereocenters. The third-order valence-electron chi connectivity index (χ3n) is 6.84.